The molecule has 1 atom stereocenters. The maximum absolute atomic E-state index is 10.8. The highest BCUT2D eigenvalue weighted by Gasteiger charge is 2.17. The summed E-state index contributed by atoms with van der Waals surface area (Å²) in [5.41, 5.74) is 0. The Labute approximate surface area is 101 Å². The molecule has 0 aromatic carbocycles. The average Bonchev–Trinajstić information content (AvgIpc) is 2.14. The molecule has 0 bridgehead atoms. The summed E-state index contributed by atoms with van der Waals surface area (Å²) in [6.07, 6.45) is 2.25. The number of thioether (sulfide) groups is 1. The van der Waals surface area contributed by atoms with Gasteiger partial charge in [-0.3, -0.25) is 4.79 Å². The van der Waals surface area contributed by atoms with Gasteiger partial charge in [-0.05, 0) is 18.1 Å². The van der Waals surface area contributed by atoms with Crippen LogP contribution in [0.5, 0.6) is 0 Å². The maximum Gasteiger partial charge on any atom is 0.327 e. The summed E-state index contributed by atoms with van der Waals surface area (Å²) in [6, 6.07) is -0.762. The first kappa shape index (κ1) is 15.3. The second kappa shape index (κ2) is 8.44. The summed E-state index contributed by atoms with van der Waals surface area (Å²) in [5, 5.41) is 11.3. The minimum atomic E-state index is -0.966. The Morgan fingerprint density at radius 1 is 1.38 bits per heavy atom. The van der Waals surface area contributed by atoms with Crippen molar-refractivity contribution in [2.75, 3.05) is 11.5 Å². The van der Waals surface area contributed by atoms with Crippen molar-refractivity contribution in [1.82, 2.24) is 5.32 Å². The smallest absolute Gasteiger partial charge is 0.327 e. The fourth-order valence-corrected chi connectivity index (χ4v) is 2.21. The molecule has 94 valence electrons. The van der Waals surface area contributed by atoms with Crippen molar-refractivity contribution in [1.29, 1.82) is 0 Å². The second-order valence-electron chi connectivity index (χ2n) is 4.20. The molecular weight excluding hydrogens is 226 g/mol. The zero-order valence-corrected chi connectivity index (χ0v) is 11.0. The van der Waals surface area contributed by atoms with E-state index in [-0.39, 0.29) is 5.91 Å². The molecule has 0 rings (SSSR count). The van der Waals surface area contributed by atoms with E-state index in [4.69, 9.17) is 5.11 Å². The third-order valence-corrected chi connectivity index (χ3v) is 3.18. The van der Waals surface area contributed by atoms with Gasteiger partial charge in [-0.15, -0.1) is 0 Å². The van der Waals surface area contributed by atoms with Gasteiger partial charge >= 0.3 is 5.97 Å². The Morgan fingerprint density at radius 3 is 2.44 bits per heavy atom. The molecule has 5 heteroatoms. The van der Waals surface area contributed by atoms with Crippen molar-refractivity contribution in [3.8, 4) is 0 Å². The fourth-order valence-electron chi connectivity index (χ4n) is 1.21. The number of carboxylic acid groups (broad SMARTS) is 1. The van der Waals surface area contributed by atoms with Crippen molar-refractivity contribution in [3.05, 3.63) is 0 Å². The summed E-state index contributed by atoms with van der Waals surface area (Å²) < 4.78 is 0. The van der Waals surface area contributed by atoms with Gasteiger partial charge in [0.25, 0.3) is 0 Å². The highest BCUT2D eigenvalue weighted by molar-refractivity contribution is 7.99. The third-order valence-electron chi connectivity index (χ3n) is 2.03. The van der Waals surface area contributed by atoms with Crippen LogP contribution in [0.3, 0.4) is 0 Å². The van der Waals surface area contributed by atoms with E-state index in [1.165, 1.54) is 6.92 Å². The normalized spacial score (nSPS) is 12.5. The van der Waals surface area contributed by atoms with Crippen molar-refractivity contribution in [2.45, 2.75) is 39.7 Å². The van der Waals surface area contributed by atoms with Gasteiger partial charge in [0.2, 0.25) is 5.91 Å². The summed E-state index contributed by atoms with van der Waals surface area (Å²) >= 11 is 1.58. The quantitative estimate of drug-likeness (QED) is 0.641. The lowest BCUT2D eigenvalue weighted by Gasteiger charge is -2.12. The molecule has 2 N–H and O–H groups in total. The van der Waals surface area contributed by atoms with Gasteiger partial charge < -0.3 is 10.4 Å². The first-order valence-corrected chi connectivity index (χ1v) is 6.66. The molecular formula is C11H21NO3S. The van der Waals surface area contributed by atoms with Crippen LogP contribution in [0.25, 0.3) is 0 Å². The number of rotatable bonds is 8. The molecule has 16 heavy (non-hydrogen) atoms. The highest BCUT2D eigenvalue weighted by atomic mass is 32.2. The Bertz CT molecular complexity index is 231. The standard InChI is InChI=1S/C11H21NO3S/c1-8(2)5-4-6-16-7-10(11(14)15)12-9(3)13/h8,10H,4-7H2,1-3H3,(H,12,13)(H,14,15)/t10-/m0/s1. The Kier molecular flexibility index (Phi) is 8.07. The van der Waals surface area contributed by atoms with Crippen LogP contribution in [0.15, 0.2) is 0 Å². The van der Waals surface area contributed by atoms with Crippen molar-refractivity contribution in [2.24, 2.45) is 5.92 Å². The van der Waals surface area contributed by atoms with Gasteiger partial charge in [-0.25, -0.2) is 4.79 Å². The minimum Gasteiger partial charge on any atom is -0.480 e. The first-order chi connectivity index (χ1) is 7.43. The molecule has 0 spiro atoms. The minimum absolute atomic E-state index is 0.296. The van der Waals surface area contributed by atoms with Crippen LogP contribution in [0.4, 0.5) is 0 Å². The monoisotopic (exact) mass is 247 g/mol. The molecule has 0 unspecified atom stereocenters. The van der Waals surface area contributed by atoms with E-state index in [9.17, 15) is 9.59 Å². The van der Waals surface area contributed by atoms with Crippen LogP contribution in [0.2, 0.25) is 0 Å². The van der Waals surface area contributed by atoms with Crippen molar-refractivity contribution < 1.29 is 14.7 Å². The number of nitrogens with one attached hydrogen (secondary N) is 1. The van der Waals surface area contributed by atoms with Crippen LogP contribution in [0, 0.1) is 5.92 Å². The molecule has 0 radical (unpaired) electrons. The largest absolute Gasteiger partial charge is 0.480 e. The molecule has 4 nitrogen and oxygen atoms in total. The molecule has 0 aliphatic rings. The number of aliphatic carboxylic acids is 1. The van der Waals surface area contributed by atoms with Crippen LogP contribution in [0.1, 0.15) is 33.6 Å². The number of amides is 1. The van der Waals surface area contributed by atoms with Gasteiger partial charge in [0.1, 0.15) is 6.04 Å². The molecule has 0 fully saturated rings. The third kappa shape index (κ3) is 8.59. The van der Waals surface area contributed by atoms with Crippen molar-refractivity contribution >= 4 is 23.6 Å². The van der Waals surface area contributed by atoms with Crippen LogP contribution in [-0.2, 0) is 9.59 Å². The van der Waals surface area contributed by atoms with E-state index < -0.39 is 12.0 Å². The van der Waals surface area contributed by atoms with E-state index in [1.807, 2.05) is 0 Å². The molecule has 0 saturated carbocycles. The lowest BCUT2D eigenvalue weighted by Crippen LogP contribution is -2.41. The molecule has 1 amide bonds. The van der Waals surface area contributed by atoms with Crippen LogP contribution >= 0.6 is 11.8 Å². The average molecular weight is 247 g/mol. The zero-order chi connectivity index (χ0) is 12.6. The number of hydrogen-bond donors (Lipinski definition) is 2. The zero-order valence-electron chi connectivity index (χ0n) is 10.2. The Morgan fingerprint density at radius 2 is 2.00 bits per heavy atom. The predicted molar refractivity (Wildman–Crippen MR) is 66.6 cm³/mol. The maximum atomic E-state index is 10.8. The lowest BCUT2D eigenvalue weighted by molar-refractivity contribution is -0.140. The van der Waals surface area contributed by atoms with E-state index >= 15 is 0 Å². The summed E-state index contributed by atoms with van der Waals surface area (Å²) in [7, 11) is 0. The second-order valence-corrected chi connectivity index (χ2v) is 5.35. The predicted octanol–water partition coefficient (Wildman–Crippen LogP) is 1.75. The van der Waals surface area contributed by atoms with E-state index in [1.54, 1.807) is 11.8 Å². The van der Waals surface area contributed by atoms with E-state index in [0.29, 0.717) is 11.7 Å². The van der Waals surface area contributed by atoms with Crippen LogP contribution in [-0.4, -0.2) is 34.5 Å². The number of hydrogen-bond acceptors (Lipinski definition) is 3. The van der Waals surface area contributed by atoms with E-state index in [2.05, 4.69) is 19.2 Å². The number of carboxylic acids is 1. The van der Waals surface area contributed by atoms with Crippen molar-refractivity contribution in [3.63, 3.8) is 0 Å². The van der Waals surface area contributed by atoms with E-state index in [0.717, 1.165) is 18.6 Å². The number of carbonyl (C=O) groups excluding carboxylic acids is 1. The number of carbonyl (C=O) groups is 2. The topological polar surface area (TPSA) is 66.4 Å². The first-order valence-electron chi connectivity index (χ1n) is 5.51. The molecule has 0 aromatic rings. The summed E-state index contributed by atoms with van der Waals surface area (Å²) in [6.45, 7) is 5.67. The molecule has 0 aliphatic carbocycles. The van der Waals surface area contributed by atoms with Gasteiger partial charge in [-0.2, -0.15) is 11.8 Å². The van der Waals surface area contributed by atoms with Gasteiger partial charge in [-0.1, -0.05) is 20.3 Å². The summed E-state index contributed by atoms with van der Waals surface area (Å²) in [4.78, 5) is 21.5. The Balaban J connectivity index is 3.69. The molecule has 0 aliphatic heterocycles. The highest BCUT2D eigenvalue weighted by Crippen LogP contribution is 2.10. The van der Waals surface area contributed by atoms with Gasteiger partial charge in [0.05, 0.1) is 0 Å². The van der Waals surface area contributed by atoms with Gasteiger partial charge in [0.15, 0.2) is 0 Å². The van der Waals surface area contributed by atoms with Gasteiger partial charge in [0, 0.05) is 12.7 Å². The fraction of sp³-hybridized carbons (Fsp3) is 0.818. The molecule has 0 heterocycles. The Hall–Kier alpha value is -0.710. The summed E-state index contributed by atoms with van der Waals surface area (Å²) in [5.74, 6) is 0.808. The molecule has 0 saturated heterocycles. The van der Waals surface area contributed by atoms with Crippen LogP contribution < -0.4 is 5.32 Å². The lowest BCUT2D eigenvalue weighted by atomic mass is 10.1. The SMILES string of the molecule is CC(=O)N[C@@H](CSCCCC(C)C)C(=O)O. The molecule has 0 aromatic heterocycles.